The minimum Gasteiger partial charge on any atom is -0.380 e. The number of benzene rings is 2. The van der Waals surface area contributed by atoms with Crippen LogP contribution in [-0.2, 0) is 16.6 Å². The molecular formula is C15H17FN2O2S. The molecule has 0 heterocycles. The van der Waals surface area contributed by atoms with E-state index in [9.17, 15) is 12.8 Å². The summed E-state index contributed by atoms with van der Waals surface area (Å²) in [4.78, 5) is 0.156. The summed E-state index contributed by atoms with van der Waals surface area (Å²) in [7, 11) is -3.56. The van der Waals surface area contributed by atoms with Crippen molar-refractivity contribution < 1.29 is 12.8 Å². The maximum atomic E-state index is 13.6. The summed E-state index contributed by atoms with van der Waals surface area (Å²) in [6.45, 7) is 2.24. The minimum absolute atomic E-state index is 0.156. The zero-order valence-corrected chi connectivity index (χ0v) is 12.5. The molecule has 2 aromatic carbocycles. The van der Waals surface area contributed by atoms with Crippen molar-refractivity contribution in [2.24, 2.45) is 0 Å². The Morgan fingerprint density at radius 3 is 2.43 bits per heavy atom. The molecule has 0 aliphatic rings. The molecule has 2 rings (SSSR count). The molecule has 0 saturated carbocycles. The van der Waals surface area contributed by atoms with Gasteiger partial charge >= 0.3 is 0 Å². The number of nitrogens with one attached hydrogen (secondary N) is 2. The lowest BCUT2D eigenvalue weighted by molar-refractivity contribution is 0.584. The number of hydrogen-bond donors (Lipinski definition) is 2. The second kappa shape index (κ2) is 6.69. The molecule has 112 valence electrons. The predicted molar refractivity (Wildman–Crippen MR) is 81.0 cm³/mol. The summed E-state index contributed by atoms with van der Waals surface area (Å²) in [6.07, 6.45) is 0. The topological polar surface area (TPSA) is 58.2 Å². The number of halogens is 1. The van der Waals surface area contributed by atoms with E-state index in [1.165, 1.54) is 12.1 Å². The zero-order chi connectivity index (χ0) is 15.3. The Bertz CT molecular complexity index is 717. The van der Waals surface area contributed by atoms with Crippen LogP contribution in [-0.4, -0.2) is 15.0 Å². The smallest absolute Gasteiger partial charge is 0.242 e. The summed E-state index contributed by atoms with van der Waals surface area (Å²) in [5, 5.41) is 2.98. The second-order valence-electron chi connectivity index (χ2n) is 4.44. The Morgan fingerprint density at radius 2 is 1.71 bits per heavy atom. The highest BCUT2D eigenvalue weighted by molar-refractivity contribution is 7.89. The van der Waals surface area contributed by atoms with Gasteiger partial charge in [-0.05, 0) is 18.2 Å². The maximum Gasteiger partial charge on any atom is 0.242 e. The first-order valence-electron chi connectivity index (χ1n) is 6.60. The molecule has 0 atom stereocenters. The van der Waals surface area contributed by atoms with Crippen LogP contribution in [0.3, 0.4) is 0 Å². The number of para-hydroxylation sites is 1. The molecule has 0 spiro atoms. The molecule has 6 heteroatoms. The first kappa shape index (κ1) is 15.5. The highest BCUT2D eigenvalue weighted by Crippen LogP contribution is 2.21. The van der Waals surface area contributed by atoms with Crippen LogP contribution in [0.4, 0.5) is 10.1 Å². The van der Waals surface area contributed by atoms with Gasteiger partial charge in [0.05, 0.1) is 5.69 Å². The van der Waals surface area contributed by atoms with Gasteiger partial charge in [0.2, 0.25) is 10.0 Å². The van der Waals surface area contributed by atoms with E-state index >= 15 is 0 Å². The van der Waals surface area contributed by atoms with Crippen LogP contribution in [0, 0.1) is 5.82 Å². The fourth-order valence-electron chi connectivity index (χ4n) is 1.95. The Hall–Kier alpha value is -1.92. The van der Waals surface area contributed by atoms with Crippen molar-refractivity contribution in [3.05, 3.63) is 59.9 Å². The van der Waals surface area contributed by atoms with Crippen molar-refractivity contribution in [3.63, 3.8) is 0 Å². The summed E-state index contributed by atoms with van der Waals surface area (Å²) >= 11 is 0. The van der Waals surface area contributed by atoms with Crippen molar-refractivity contribution >= 4 is 15.7 Å². The third-order valence-corrected chi connectivity index (χ3v) is 4.54. The predicted octanol–water partition coefficient (Wildman–Crippen LogP) is 2.74. The standard InChI is InChI=1S/C15H17FN2O2S/c1-2-18-21(19,20)15-10-6-5-9-14(15)17-11-12-7-3-4-8-13(12)16/h3-10,17-18H,2,11H2,1H3. The first-order valence-corrected chi connectivity index (χ1v) is 8.09. The lowest BCUT2D eigenvalue weighted by Gasteiger charge is -2.13. The summed E-state index contributed by atoms with van der Waals surface area (Å²) < 4.78 is 40.2. The molecule has 2 N–H and O–H groups in total. The molecule has 4 nitrogen and oxygen atoms in total. The molecule has 0 radical (unpaired) electrons. The number of anilines is 1. The van der Waals surface area contributed by atoms with Crippen molar-refractivity contribution in [3.8, 4) is 0 Å². The van der Waals surface area contributed by atoms with Crippen LogP contribution in [0.5, 0.6) is 0 Å². The molecule has 21 heavy (non-hydrogen) atoms. The summed E-state index contributed by atoms with van der Waals surface area (Å²) in [6, 6.07) is 12.9. The normalized spacial score (nSPS) is 11.3. The Labute approximate surface area is 124 Å². The minimum atomic E-state index is -3.56. The number of rotatable bonds is 6. The van der Waals surface area contributed by atoms with Gasteiger partial charge in [-0.25, -0.2) is 17.5 Å². The Balaban J connectivity index is 2.24. The Kier molecular flexibility index (Phi) is 4.93. The fourth-order valence-corrected chi connectivity index (χ4v) is 3.17. The molecular weight excluding hydrogens is 291 g/mol. The van der Waals surface area contributed by atoms with E-state index in [0.717, 1.165) is 0 Å². The molecule has 0 fully saturated rings. The van der Waals surface area contributed by atoms with Crippen LogP contribution in [0.1, 0.15) is 12.5 Å². The van der Waals surface area contributed by atoms with Crippen LogP contribution in [0.2, 0.25) is 0 Å². The van der Waals surface area contributed by atoms with Gasteiger partial charge in [0.1, 0.15) is 10.7 Å². The molecule has 0 aliphatic heterocycles. The van der Waals surface area contributed by atoms with E-state index in [2.05, 4.69) is 10.0 Å². The first-order chi connectivity index (χ1) is 10.0. The van der Waals surface area contributed by atoms with Gasteiger partial charge in [-0.3, -0.25) is 0 Å². The van der Waals surface area contributed by atoms with E-state index < -0.39 is 10.0 Å². The molecule has 0 amide bonds. The number of sulfonamides is 1. The van der Waals surface area contributed by atoms with E-state index in [4.69, 9.17) is 0 Å². The highest BCUT2D eigenvalue weighted by Gasteiger charge is 2.16. The van der Waals surface area contributed by atoms with Crippen LogP contribution >= 0.6 is 0 Å². The molecule has 0 aromatic heterocycles. The summed E-state index contributed by atoms with van der Waals surface area (Å²) in [5.74, 6) is -0.322. The van der Waals surface area contributed by atoms with Gasteiger partial charge < -0.3 is 5.32 Å². The monoisotopic (exact) mass is 308 g/mol. The molecule has 0 aliphatic carbocycles. The third-order valence-electron chi connectivity index (χ3n) is 2.94. The van der Waals surface area contributed by atoms with Crippen LogP contribution < -0.4 is 10.0 Å². The fraction of sp³-hybridized carbons (Fsp3) is 0.200. The lowest BCUT2D eigenvalue weighted by atomic mass is 10.2. The zero-order valence-electron chi connectivity index (χ0n) is 11.6. The molecule has 0 bridgehead atoms. The number of hydrogen-bond acceptors (Lipinski definition) is 3. The van der Waals surface area contributed by atoms with Gasteiger partial charge in [-0.1, -0.05) is 37.3 Å². The van der Waals surface area contributed by atoms with Gasteiger partial charge in [0.15, 0.2) is 0 Å². The average Bonchev–Trinajstić information content (AvgIpc) is 2.47. The van der Waals surface area contributed by atoms with Crippen LogP contribution in [0.15, 0.2) is 53.4 Å². The third kappa shape index (κ3) is 3.80. The lowest BCUT2D eigenvalue weighted by Crippen LogP contribution is -2.24. The van der Waals surface area contributed by atoms with Crippen molar-refractivity contribution in [2.45, 2.75) is 18.4 Å². The second-order valence-corrected chi connectivity index (χ2v) is 6.18. The van der Waals surface area contributed by atoms with Crippen LogP contribution in [0.25, 0.3) is 0 Å². The Morgan fingerprint density at radius 1 is 1.05 bits per heavy atom. The van der Waals surface area contributed by atoms with Gasteiger partial charge in [-0.2, -0.15) is 0 Å². The largest absolute Gasteiger partial charge is 0.380 e. The van der Waals surface area contributed by atoms with E-state index in [0.29, 0.717) is 17.8 Å². The van der Waals surface area contributed by atoms with Gasteiger partial charge in [-0.15, -0.1) is 0 Å². The van der Waals surface area contributed by atoms with E-state index in [-0.39, 0.29) is 17.3 Å². The van der Waals surface area contributed by atoms with Crippen molar-refractivity contribution in [2.75, 3.05) is 11.9 Å². The van der Waals surface area contributed by atoms with Crippen molar-refractivity contribution in [1.29, 1.82) is 0 Å². The molecule has 0 unspecified atom stereocenters. The quantitative estimate of drug-likeness (QED) is 0.862. The summed E-state index contributed by atoms with van der Waals surface area (Å²) in [5.41, 5.74) is 0.926. The maximum absolute atomic E-state index is 13.6. The van der Waals surface area contributed by atoms with E-state index in [1.54, 1.807) is 43.3 Å². The van der Waals surface area contributed by atoms with Gasteiger partial charge in [0, 0.05) is 18.7 Å². The highest BCUT2D eigenvalue weighted by atomic mass is 32.2. The van der Waals surface area contributed by atoms with Crippen molar-refractivity contribution in [1.82, 2.24) is 4.72 Å². The average molecular weight is 308 g/mol. The molecule has 0 saturated heterocycles. The molecule has 2 aromatic rings. The SMILES string of the molecule is CCNS(=O)(=O)c1ccccc1NCc1ccccc1F. The van der Waals surface area contributed by atoms with E-state index in [1.807, 2.05) is 0 Å². The van der Waals surface area contributed by atoms with Gasteiger partial charge in [0.25, 0.3) is 0 Å².